The van der Waals surface area contributed by atoms with Gasteiger partial charge >= 0.3 is 0 Å². The molecule has 1 aromatic carbocycles. The lowest BCUT2D eigenvalue weighted by Gasteiger charge is -2.37. The number of benzene rings is 1. The van der Waals surface area contributed by atoms with Crippen molar-refractivity contribution in [3.05, 3.63) is 48.0 Å². The number of allylic oxidation sites excluding steroid dienone is 2. The van der Waals surface area contributed by atoms with Gasteiger partial charge in [0.2, 0.25) is 11.8 Å². The molecule has 4 aliphatic carbocycles. The Hall–Kier alpha value is -1.90. The molecule has 5 aliphatic rings. The highest BCUT2D eigenvalue weighted by molar-refractivity contribution is 6.06. The molecule has 6 atom stereocenters. The topological polar surface area (TPSA) is 37.4 Å². The summed E-state index contributed by atoms with van der Waals surface area (Å²) in [6, 6.07) is 9.82. The molecule has 1 aliphatic heterocycles. The molecular formula is C18H17NO2. The highest BCUT2D eigenvalue weighted by Gasteiger charge is 2.66. The van der Waals surface area contributed by atoms with Gasteiger partial charge in [0.25, 0.3) is 0 Å². The van der Waals surface area contributed by atoms with Crippen molar-refractivity contribution in [1.29, 1.82) is 0 Å². The fraction of sp³-hybridized carbons (Fsp3) is 0.444. The standard InChI is InChI=1S/C18H17NO2/c20-17-15-11-6-7-12(14-8-13(11)14)16(15)18(21)19(17)9-10-4-2-1-3-5-10/h1-7,11-16H,8-9H2/t11-,12+,13-,14-,15+,16-/m1/s1. The first-order valence-corrected chi connectivity index (χ1v) is 7.83. The second-order valence-corrected chi connectivity index (χ2v) is 6.90. The van der Waals surface area contributed by atoms with Gasteiger partial charge < -0.3 is 0 Å². The summed E-state index contributed by atoms with van der Waals surface area (Å²) in [7, 11) is 0. The smallest absolute Gasteiger partial charge is 0.234 e. The second-order valence-electron chi connectivity index (χ2n) is 6.90. The third-order valence-corrected chi connectivity index (χ3v) is 5.94. The molecule has 106 valence electrons. The third-order valence-electron chi connectivity index (χ3n) is 5.94. The first-order chi connectivity index (χ1) is 10.3. The van der Waals surface area contributed by atoms with E-state index in [0.717, 1.165) is 5.56 Å². The summed E-state index contributed by atoms with van der Waals surface area (Å²) in [5.41, 5.74) is 1.03. The van der Waals surface area contributed by atoms with Gasteiger partial charge in [0.1, 0.15) is 0 Å². The number of amides is 2. The van der Waals surface area contributed by atoms with Crippen LogP contribution in [0.15, 0.2) is 42.5 Å². The van der Waals surface area contributed by atoms with Crippen molar-refractivity contribution < 1.29 is 9.59 Å². The van der Waals surface area contributed by atoms with E-state index in [1.807, 2.05) is 30.3 Å². The quantitative estimate of drug-likeness (QED) is 0.615. The number of carbonyl (C=O) groups is 2. The molecule has 6 rings (SSSR count). The van der Waals surface area contributed by atoms with Crippen LogP contribution in [0.3, 0.4) is 0 Å². The van der Waals surface area contributed by atoms with Crippen molar-refractivity contribution >= 4 is 11.8 Å². The van der Waals surface area contributed by atoms with E-state index in [1.165, 1.54) is 11.3 Å². The molecule has 21 heavy (non-hydrogen) atoms. The van der Waals surface area contributed by atoms with Gasteiger partial charge in [0.05, 0.1) is 18.4 Å². The summed E-state index contributed by atoms with van der Waals surface area (Å²) in [5.74, 6) is 1.99. The number of nitrogens with zero attached hydrogens (tertiary/aromatic N) is 1. The van der Waals surface area contributed by atoms with E-state index in [2.05, 4.69) is 12.2 Å². The molecule has 3 heteroatoms. The van der Waals surface area contributed by atoms with Crippen molar-refractivity contribution in [1.82, 2.24) is 4.90 Å². The Kier molecular flexibility index (Phi) is 2.15. The Morgan fingerprint density at radius 2 is 1.48 bits per heavy atom. The molecule has 2 bridgehead atoms. The molecule has 0 unspecified atom stereocenters. The maximum atomic E-state index is 12.8. The number of hydrogen-bond donors (Lipinski definition) is 0. The highest BCUT2D eigenvalue weighted by atomic mass is 16.2. The fourth-order valence-electron chi connectivity index (χ4n) is 4.94. The van der Waals surface area contributed by atoms with E-state index >= 15 is 0 Å². The van der Waals surface area contributed by atoms with Crippen LogP contribution >= 0.6 is 0 Å². The molecule has 2 amide bonds. The summed E-state index contributed by atoms with van der Waals surface area (Å²) in [6.45, 7) is 0.431. The minimum Gasteiger partial charge on any atom is -0.278 e. The SMILES string of the molecule is O=C1[C@@H]2[C@H]3C=C[C@H]([C@H]4C[C@H]34)[C@@H]2C(=O)N1Cc1ccccc1. The Bertz CT molecular complexity index is 629. The number of imide groups is 1. The van der Waals surface area contributed by atoms with Crippen molar-refractivity contribution in [2.24, 2.45) is 35.5 Å². The zero-order chi connectivity index (χ0) is 14.1. The van der Waals surface area contributed by atoms with Crippen LogP contribution in [0.1, 0.15) is 12.0 Å². The third kappa shape index (κ3) is 1.44. The molecule has 1 heterocycles. The summed E-state index contributed by atoms with van der Waals surface area (Å²) in [4.78, 5) is 27.1. The van der Waals surface area contributed by atoms with Gasteiger partial charge in [-0.15, -0.1) is 0 Å². The highest BCUT2D eigenvalue weighted by Crippen LogP contribution is 2.65. The van der Waals surface area contributed by atoms with Crippen LogP contribution in [0.5, 0.6) is 0 Å². The van der Waals surface area contributed by atoms with E-state index in [9.17, 15) is 9.59 Å². The molecule has 0 radical (unpaired) electrons. The van der Waals surface area contributed by atoms with E-state index < -0.39 is 0 Å². The maximum Gasteiger partial charge on any atom is 0.234 e. The Morgan fingerprint density at radius 1 is 0.905 bits per heavy atom. The maximum absolute atomic E-state index is 12.8. The largest absolute Gasteiger partial charge is 0.278 e. The Labute approximate surface area is 123 Å². The lowest BCUT2D eigenvalue weighted by molar-refractivity contribution is -0.140. The van der Waals surface area contributed by atoms with E-state index in [1.54, 1.807) is 0 Å². The van der Waals surface area contributed by atoms with Crippen LogP contribution in [0.25, 0.3) is 0 Å². The van der Waals surface area contributed by atoms with Gasteiger partial charge in [-0.1, -0.05) is 42.5 Å². The van der Waals surface area contributed by atoms with E-state index in [-0.39, 0.29) is 23.7 Å². The summed E-state index contributed by atoms with van der Waals surface area (Å²) >= 11 is 0. The van der Waals surface area contributed by atoms with Crippen molar-refractivity contribution in [3.63, 3.8) is 0 Å². The summed E-state index contributed by atoms with van der Waals surface area (Å²) < 4.78 is 0. The molecule has 1 aromatic rings. The molecule has 2 saturated carbocycles. The molecule has 0 aromatic heterocycles. The average molecular weight is 279 g/mol. The fourth-order valence-corrected chi connectivity index (χ4v) is 4.94. The van der Waals surface area contributed by atoms with Gasteiger partial charge in [0.15, 0.2) is 0 Å². The molecular weight excluding hydrogens is 262 g/mol. The van der Waals surface area contributed by atoms with Crippen LogP contribution in [0.2, 0.25) is 0 Å². The normalized spacial score (nSPS) is 42.2. The predicted molar refractivity (Wildman–Crippen MR) is 76.7 cm³/mol. The van der Waals surface area contributed by atoms with Crippen LogP contribution in [-0.2, 0) is 16.1 Å². The lowest BCUT2D eigenvalue weighted by Crippen LogP contribution is -2.40. The molecule has 1 saturated heterocycles. The number of rotatable bonds is 2. The Balaban J connectivity index is 1.49. The zero-order valence-corrected chi connectivity index (χ0v) is 11.7. The monoisotopic (exact) mass is 279 g/mol. The second kappa shape index (κ2) is 3.85. The molecule has 3 nitrogen and oxygen atoms in total. The zero-order valence-electron chi connectivity index (χ0n) is 11.7. The van der Waals surface area contributed by atoms with Gasteiger partial charge in [-0.2, -0.15) is 0 Å². The van der Waals surface area contributed by atoms with Crippen LogP contribution in [0, 0.1) is 35.5 Å². The number of likely N-dealkylation sites (tertiary alicyclic amines) is 1. The molecule has 0 N–H and O–H groups in total. The van der Waals surface area contributed by atoms with Crippen molar-refractivity contribution in [2.75, 3.05) is 0 Å². The first-order valence-electron chi connectivity index (χ1n) is 7.83. The van der Waals surface area contributed by atoms with Crippen molar-refractivity contribution in [2.45, 2.75) is 13.0 Å². The van der Waals surface area contributed by atoms with Crippen LogP contribution in [-0.4, -0.2) is 16.7 Å². The first kappa shape index (κ1) is 11.7. The van der Waals surface area contributed by atoms with E-state index in [4.69, 9.17) is 0 Å². The minimum absolute atomic E-state index is 0.0681. The average Bonchev–Trinajstić information content (AvgIpc) is 3.30. The van der Waals surface area contributed by atoms with Crippen molar-refractivity contribution in [3.8, 4) is 0 Å². The van der Waals surface area contributed by atoms with Crippen LogP contribution in [0.4, 0.5) is 0 Å². The van der Waals surface area contributed by atoms with Gasteiger partial charge in [-0.05, 0) is 35.7 Å². The van der Waals surface area contributed by atoms with E-state index in [0.29, 0.717) is 30.2 Å². The van der Waals surface area contributed by atoms with Gasteiger partial charge in [-0.25, -0.2) is 0 Å². The van der Waals surface area contributed by atoms with Gasteiger partial charge in [0, 0.05) is 0 Å². The predicted octanol–water partition coefficient (Wildman–Crippen LogP) is 2.24. The molecule has 0 spiro atoms. The number of hydrogen-bond acceptors (Lipinski definition) is 2. The number of carbonyl (C=O) groups excluding carboxylic acids is 2. The van der Waals surface area contributed by atoms with Crippen LogP contribution < -0.4 is 0 Å². The Morgan fingerprint density at radius 3 is 2.05 bits per heavy atom. The lowest BCUT2D eigenvalue weighted by atomic mass is 9.63. The minimum atomic E-state index is -0.0695. The summed E-state index contributed by atoms with van der Waals surface area (Å²) in [5, 5.41) is 0. The van der Waals surface area contributed by atoms with Gasteiger partial charge in [-0.3, -0.25) is 14.5 Å². The summed E-state index contributed by atoms with van der Waals surface area (Å²) in [6.07, 6.45) is 5.66. The molecule has 3 fully saturated rings.